The number of hydrogen-bond acceptors (Lipinski definition) is 24. The number of ether oxygens (including phenoxy) is 10. The van der Waals surface area contributed by atoms with Crippen molar-refractivity contribution in [1.82, 2.24) is 0 Å². The van der Waals surface area contributed by atoms with Crippen LogP contribution in [-0.2, 0) is 47.4 Å². The van der Waals surface area contributed by atoms with E-state index in [1.54, 1.807) is 0 Å². The molecule has 33 atom stereocenters. The molecule has 0 aromatic heterocycles. The van der Waals surface area contributed by atoms with Gasteiger partial charge in [-0.25, -0.2) is 0 Å². The van der Waals surface area contributed by atoms with Crippen LogP contribution in [0.15, 0.2) is 0 Å². The Morgan fingerprint density at radius 3 is 1.82 bits per heavy atom. The van der Waals surface area contributed by atoms with Gasteiger partial charge in [0.15, 0.2) is 30.9 Å². The Labute approximate surface area is 429 Å². The summed E-state index contributed by atoms with van der Waals surface area (Å²) in [5.74, 6) is 0.623. The zero-order chi connectivity index (χ0) is 53.1. The second-order valence-electron chi connectivity index (χ2n) is 24.1. The first-order chi connectivity index (χ1) is 35.1. The van der Waals surface area contributed by atoms with Crippen molar-refractivity contribution in [3.63, 3.8) is 0 Å². The molecule has 426 valence electrons. The van der Waals surface area contributed by atoms with Crippen molar-refractivity contribution < 1.29 is 119 Å². The fourth-order valence-electron chi connectivity index (χ4n) is 16.0. The highest BCUT2D eigenvalue weighted by Crippen LogP contribution is 2.71. The first kappa shape index (κ1) is 56.3. The van der Waals surface area contributed by atoms with Crippen molar-refractivity contribution in [3.8, 4) is 0 Å². The van der Waals surface area contributed by atoms with Crippen molar-refractivity contribution in [2.24, 2.45) is 52.3 Å². The van der Waals surface area contributed by atoms with Crippen LogP contribution in [0.2, 0.25) is 0 Å². The number of aliphatic hydroxyl groups is 14. The average Bonchev–Trinajstić information content (AvgIpc) is 3.79. The molecule has 0 aromatic carbocycles. The molecule has 24 nitrogen and oxygen atoms in total. The number of aliphatic hydroxyl groups excluding tert-OH is 14. The van der Waals surface area contributed by atoms with E-state index in [1.165, 1.54) is 0 Å². The van der Waals surface area contributed by atoms with E-state index >= 15 is 0 Å². The minimum atomic E-state index is -2.03. The lowest BCUT2D eigenvalue weighted by Gasteiger charge is -2.62. The molecular formula is C50H82O24. The van der Waals surface area contributed by atoms with Crippen molar-refractivity contribution in [2.45, 2.75) is 226 Å². The van der Waals surface area contributed by atoms with Crippen LogP contribution in [0.5, 0.6) is 0 Å². The van der Waals surface area contributed by atoms with Crippen LogP contribution in [0, 0.1) is 52.3 Å². The van der Waals surface area contributed by atoms with E-state index in [0.717, 1.165) is 38.5 Å². The molecule has 10 aliphatic rings. The fraction of sp³-hybridized carbons (Fsp3) is 1.00. The maximum atomic E-state index is 12.3. The van der Waals surface area contributed by atoms with Gasteiger partial charge in [0.05, 0.1) is 57.5 Å². The summed E-state index contributed by atoms with van der Waals surface area (Å²) < 4.78 is 60.8. The summed E-state index contributed by atoms with van der Waals surface area (Å²) in [4.78, 5) is 0. The normalized spacial score (nSPS) is 58.6. The molecule has 1 spiro atoms. The molecular weight excluding hydrogens is 985 g/mol. The average molecular weight is 1070 g/mol. The van der Waals surface area contributed by atoms with Crippen LogP contribution in [-0.4, -0.2) is 251 Å². The number of fused-ring (bicyclic) bond motifs is 7. The molecule has 6 aliphatic heterocycles. The highest BCUT2D eigenvalue weighted by atomic mass is 16.8. The van der Waals surface area contributed by atoms with Crippen LogP contribution < -0.4 is 0 Å². The van der Waals surface area contributed by atoms with Crippen LogP contribution >= 0.6 is 0 Å². The summed E-state index contributed by atoms with van der Waals surface area (Å²) in [6, 6.07) is 0. The summed E-state index contributed by atoms with van der Waals surface area (Å²) in [6.45, 7) is 6.51. The van der Waals surface area contributed by atoms with Gasteiger partial charge in [-0.15, -0.1) is 0 Å². The lowest BCUT2D eigenvalue weighted by Crippen LogP contribution is -2.68. The Bertz CT molecular complexity index is 1900. The quantitative estimate of drug-likeness (QED) is 0.0870. The summed E-state index contributed by atoms with van der Waals surface area (Å²) in [6.07, 6.45) is -30.7. The molecule has 33 unspecified atom stereocenters. The number of rotatable bonds is 11. The minimum absolute atomic E-state index is 0.0229. The molecule has 0 radical (unpaired) electrons. The molecule has 6 heterocycles. The predicted octanol–water partition coefficient (Wildman–Crippen LogP) is -4.33. The van der Waals surface area contributed by atoms with E-state index in [-0.39, 0.29) is 52.4 Å². The maximum absolute atomic E-state index is 12.3. The lowest BCUT2D eigenvalue weighted by molar-refractivity contribution is -0.404. The predicted molar refractivity (Wildman–Crippen MR) is 245 cm³/mol. The van der Waals surface area contributed by atoms with Gasteiger partial charge in [0.1, 0.15) is 91.6 Å². The molecule has 74 heavy (non-hydrogen) atoms. The monoisotopic (exact) mass is 1070 g/mol. The smallest absolute Gasteiger partial charge is 0.187 e. The van der Waals surface area contributed by atoms with Gasteiger partial charge in [0.2, 0.25) is 0 Å². The van der Waals surface area contributed by atoms with E-state index in [0.29, 0.717) is 25.4 Å². The standard InChI is InChI=1S/C50H82O24/c1-18-7-10-50(66-16-18)19(2)29-41(74-50)34(59)30-21-6-5-20-11-25(23(54)12-49(20,4)22(21)8-9-48(29,30)3)67-45-39(64)36(61)40(28(15-53)70-45)71-47-43(73-46-38(63)35(60)32(57)26(13-51)68-46)42(33(58)27(14-52)69-47)72-44-37(62)31(56)24(55)17-65-44/h18-47,51-64H,5-17H2,1-4H3. The van der Waals surface area contributed by atoms with Gasteiger partial charge in [-0.1, -0.05) is 27.7 Å². The van der Waals surface area contributed by atoms with E-state index < -0.39 is 167 Å². The zero-order valence-electron chi connectivity index (χ0n) is 42.4. The highest BCUT2D eigenvalue weighted by Gasteiger charge is 2.73. The van der Waals surface area contributed by atoms with Gasteiger partial charge >= 0.3 is 0 Å². The van der Waals surface area contributed by atoms with Gasteiger partial charge < -0.3 is 119 Å². The van der Waals surface area contributed by atoms with Gasteiger partial charge in [-0.05, 0) is 85.4 Å². The van der Waals surface area contributed by atoms with Gasteiger partial charge in [0.25, 0.3) is 0 Å². The van der Waals surface area contributed by atoms with Crippen LogP contribution in [0.3, 0.4) is 0 Å². The van der Waals surface area contributed by atoms with Gasteiger partial charge in [0, 0.05) is 18.3 Å². The SMILES string of the molecule is CC1CCC2(OC1)OC1C(O)C3C4CCC5CC(OC6OC(CO)C(OC7OC(CO)C(O)C(OC8OCC(O)C(O)C8O)C7OC7OC(CO)C(O)C(O)C7O)C(O)C6O)C(O)CC5(C)C4CCC3(C)C1C2C. The topological polar surface area (TPSA) is 376 Å². The third kappa shape index (κ3) is 9.35. The molecule has 10 fully saturated rings. The van der Waals surface area contributed by atoms with Crippen LogP contribution in [0.1, 0.15) is 79.1 Å². The van der Waals surface area contributed by atoms with Crippen molar-refractivity contribution in [1.29, 1.82) is 0 Å². The molecule has 4 aliphatic carbocycles. The van der Waals surface area contributed by atoms with Crippen LogP contribution in [0.4, 0.5) is 0 Å². The van der Waals surface area contributed by atoms with E-state index in [4.69, 9.17) is 47.4 Å². The summed E-state index contributed by atoms with van der Waals surface area (Å²) in [5.41, 5.74) is -0.460. The van der Waals surface area contributed by atoms with Crippen molar-refractivity contribution >= 4 is 0 Å². The lowest BCUT2D eigenvalue weighted by atomic mass is 9.44. The second kappa shape index (κ2) is 21.5. The van der Waals surface area contributed by atoms with E-state index in [9.17, 15) is 71.5 Å². The van der Waals surface area contributed by atoms with Gasteiger partial charge in [-0.3, -0.25) is 0 Å². The Morgan fingerprint density at radius 2 is 1.14 bits per heavy atom. The summed E-state index contributed by atoms with van der Waals surface area (Å²) >= 11 is 0. The highest BCUT2D eigenvalue weighted by molar-refractivity contribution is 5.19. The first-order valence-electron chi connectivity index (χ1n) is 26.9. The molecule has 0 amide bonds. The van der Waals surface area contributed by atoms with E-state index in [1.807, 2.05) is 0 Å². The zero-order valence-corrected chi connectivity index (χ0v) is 42.4. The number of hydrogen-bond donors (Lipinski definition) is 14. The molecule has 4 saturated carbocycles. The van der Waals surface area contributed by atoms with Crippen molar-refractivity contribution in [2.75, 3.05) is 33.0 Å². The Kier molecular flexibility index (Phi) is 16.4. The molecule has 6 saturated heterocycles. The minimum Gasteiger partial charge on any atom is -0.394 e. The van der Waals surface area contributed by atoms with Crippen LogP contribution in [0.25, 0.3) is 0 Å². The Balaban J connectivity index is 0.830. The summed E-state index contributed by atoms with van der Waals surface area (Å²) in [7, 11) is 0. The molecule has 24 heteroatoms. The maximum Gasteiger partial charge on any atom is 0.187 e. The molecule has 10 rings (SSSR count). The second-order valence-corrected chi connectivity index (χ2v) is 24.1. The fourth-order valence-corrected chi connectivity index (χ4v) is 16.0. The van der Waals surface area contributed by atoms with E-state index in [2.05, 4.69) is 27.7 Å². The first-order valence-corrected chi connectivity index (χ1v) is 26.9. The van der Waals surface area contributed by atoms with Crippen molar-refractivity contribution in [3.05, 3.63) is 0 Å². The molecule has 0 bridgehead atoms. The summed E-state index contributed by atoms with van der Waals surface area (Å²) in [5, 5.41) is 154. The molecule has 0 aromatic rings. The third-order valence-corrected chi connectivity index (χ3v) is 20.0. The molecule has 14 N–H and O–H groups in total. The Morgan fingerprint density at radius 1 is 0.514 bits per heavy atom. The largest absolute Gasteiger partial charge is 0.394 e. The van der Waals surface area contributed by atoms with Gasteiger partial charge in [-0.2, -0.15) is 0 Å². The Hall–Kier alpha value is -0.960. The third-order valence-electron chi connectivity index (χ3n) is 20.0.